The summed E-state index contributed by atoms with van der Waals surface area (Å²) < 4.78 is 28.2. The van der Waals surface area contributed by atoms with Gasteiger partial charge in [0.15, 0.2) is 0 Å². The summed E-state index contributed by atoms with van der Waals surface area (Å²) >= 11 is 6.06. The minimum absolute atomic E-state index is 0.277. The second-order valence-electron chi connectivity index (χ2n) is 6.20. The van der Waals surface area contributed by atoms with E-state index in [1.54, 1.807) is 26.0 Å². The number of hydrogen-bond donors (Lipinski definition) is 1. The summed E-state index contributed by atoms with van der Waals surface area (Å²) in [4.78, 5) is 0.277. The summed E-state index contributed by atoms with van der Waals surface area (Å²) in [7, 11) is -3.61. The van der Waals surface area contributed by atoms with Crippen LogP contribution in [-0.4, -0.2) is 8.42 Å². The molecule has 2 rings (SSSR count). The van der Waals surface area contributed by atoms with Gasteiger partial charge in [-0.05, 0) is 61.6 Å². The van der Waals surface area contributed by atoms with Crippen LogP contribution in [0.25, 0.3) is 0 Å². The van der Waals surface area contributed by atoms with Gasteiger partial charge >= 0.3 is 0 Å². The normalized spacial score (nSPS) is 13.0. The first-order valence-corrected chi connectivity index (χ1v) is 9.98. The summed E-state index contributed by atoms with van der Waals surface area (Å²) in [6, 6.07) is 11.1. The first-order valence-electron chi connectivity index (χ1n) is 8.12. The van der Waals surface area contributed by atoms with Crippen molar-refractivity contribution in [2.75, 3.05) is 0 Å². The van der Waals surface area contributed by atoms with Gasteiger partial charge in [-0.1, -0.05) is 49.2 Å². The van der Waals surface area contributed by atoms with Gasteiger partial charge in [0.25, 0.3) is 0 Å². The largest absolute Gasteiger partial charge is 0.241 e. The standard InChI is InChI=1S/C19H24ClNO2S/c1-5-6-16-7-9-17(10-8-16)15(4)21-24(22,23)19-12-13(2)18(20)11-14(19)3/h7-12,15,21H,5-6H2,1-4H3. The van der Waals surface area contributed by atoms with Crippen LogP contribution in [0.3, 0.4) is 0 Å². The molecule has 130 valence electrons. The molecule has 0 aliphatic rings. The highest BCUT2D eigenvalue weighted by molar-refractivity contribution is 7.89. The van der Waals surface area contributed by atoms with E-state index in [9.17, 15) is 8.42 Å². The van der Waals surface area contributed by atoms with Crippen LogP contribution >= 0.6 is 11.6 Å². The average Bonchev–Trinajstić information content (AvgIpc) is 2.51. The number of rotatable bonds is 6. The Bertz CT molecular complexity index is 814. The molecule has 0 fully saturated rings. The van der Waals surface area contributed by atoms with Crippen molar-refractivity contribution in [3.63, 3.8) is 0 Å². The summed E-state index contributed by atoms with van der Waals surface area (Å²) in [5.41, 5.74) is 3.60. The molecule has 0 amide bonds. The summed E-state index contributed by atoms with van der Waals surface area (Å²) in [5.74, 6) is 0. The molecule has 2 aromatic rings. The van der Waals surface area contributed by atoms with Gasteiger partial charge in [0, 0.05) is 11.1 Å². The topological polar surface area (TPSA) is 46.2 Å². The molecule has 24 heavy (non-hydrogen) atoms. The van der Waals surface area contributed by atoms with Gasteiger partial charge in [-0.25, -0.2) is 13.1 Å². The summed E-state index contributed by atoms with van der Waals surface area (Å²) in [5, 5.41) is 0.575. The van der Waals surface area contributed by atoms with E-state index < -0.39 is 10.0 Å². The van der Waals surface area contributed by atoms with Crippen LogP contribution < -0.4 is 4.72 Å². The molecule has 0 saturated carbocycles. The van der Waals surface area contributed by atoms with Crippen LogP contribution in [0.4, 0.5) is 0 Å². The van der Waals surface area contributed by atoms with Gasteiger partial charge in [-0.2, -0.15) is 0 Å². The Labute approximate surface area is 150 Å². The van der Waals surface area contributed by atoms with E-state index in [0.29, 0.717) is 10.6 Å². The van der Waals surface area contributed by atoms with Crippen LogP contribution in [0.15, 0.2) is 41.3 Å². The molecular weight excluding hydrogens is 342 g/mol. The minimum atomic E-state index is -3.61. The molecule has 1 atom stereocenters. The molecule has 5 heteroatoms. The van der Waals surface area contributed by atoms with Crippen molar-refractivity contribution in [1.82, 2.24) is 4.72 Å². The lowest BCUT2D eigenvalue weighted by Gasteiger charge is -2.17. The van der Waals surface area contributed by atoms with Crippen LogP contribution in [0.2, 0.25) is 5.02 Å². The quantitative estimate of drug-likeness (QED) is 0.787. The lowest BCUT2D eigenvalue weighted by molar-refractivity contribution is 0.566. The molecule has 0 saturated heterocycles. The van der Waals surface area contributed by atoms with Gasteiger partial charge in [-0.15, -0.1) is 0 Å². The number of nitrogens with one attached hydrogen (secondary N) is 1. The van der Waals surface area contributed by atoms with E-state index >= 15 is 0 Å². The molecular formula is C19H24ClNO2S. The van der Waals surface area contributed by atoms with Gasteiger partial charge in [0.1, 0.15) is 0 Å². The molecule has 0 bridgehead atoms. The smallest absolute Gasteiger partial charge is 0.207 e. The predicted octanol–water partition coefficient (Wildman–Crippen LogP) is 4.95. The van der Waals surface area contributed by atoms with Crippen LogP contribution in [0.5, 0.6) is 0 Å². The Morgan fingerprint density at radius 2 is 1.71 bits per heavy atom. The molecule has 1 N–H and O–H groups in total. The van der Waals surface area contributed by atoms with Crippen molar-refractivity contribution in [2.45, 2.75) is 51.5 Å². The number of aryl methyl sites for hydroxylation is 3. The molecule has 3 nitrogen and oxygen atoms in total. The fraction of sp³-hybridized carbons (Fsp3) is 0.368. The molecule has 2 aromatic carbocycles. The fourth-order valence-corrected chi connectivity index (χ4v) is 4.43. The Hall–Kier alpha value is -1.36. The maximum absolute atomic E-state index is 12.7. The van der Waals surface area contributed by atoms with E-state index in [2.05, 4.69) is 23.8 Å². The lowest BCUT2D eigenvalue weighted by atomic mass is 10.0. The van der Waals surface area contributed by atoms with E-state index in [-0.39, 0.29) is 10.9 Å². The maximum atomic E-state index is 12.7. The Morgan fingerprint density at radius 1 is 1.08 bits per heavy atom. The van der Waals surface area contributed by atoms with E-state index in [0.717, 1.165) is 24.0 Å². The molecule has 0 aliphatic heterocycles. The van der Waals surface area contributed by atoms with Crippen molar-refractivity contribution >= 4 is 21.6 Å². The highest BCUT2D eigenvalue weighted by Gasteiger charge is 2.21. The molecule has 0 heterocycles. The van der Waals surface area contributed by atoms with Crippen molar-refractivity contribution in [3.8, 4) is 0 Å². The molecule has 0 aliphatic carbocycles. The van der Waals surface area contributed by atoms with Gasteiger partial charge in [-0.3, -0.25) is 0 Å². The zero-order valence-electron chi connectivity index (χ0n) is 14.6. The van der Waals surface area contributed by atoms with Gasteiger partial charge in [0.2, 0.25) is 10.0 Å². The average molecular weight is 366 g/mol. The Morgan fingerprint density at radius 3 is 2.29 bits per heavy atom. The highest BCUT2D eigenvalue weighted by atomic mass is 35.5. The Kier molecular flexibility index (Phi) is 6.07. The summed E-state index contributed by atoms with van der Waals surface area (Å²) in [6.45, 7) is 7.55. The van der Waals surface area contributed by atoms with Crippen LogP contribution in [0, 0.1) is 13.8 Å². The van der Waals surface area contributed by atoms with Crippen LogP contribution in [-0.2, 0) is 16.4 Å². The molecule has 0 spiro atoms. The van der Waals surface area contributed by atoms with Crippen molar-refractivity contribution in [3.05, 3.63) is 63.7 Å². The third-order valence-corrected chi connectivity index (χ3v) is 6.19. The number of benzene rings is 2. The first-order chi connectivity index (χ1) is 11.2. The maximum Gasteiger partial charge on any atom is 0.241 e. The summed E-state index contributed by atoms with van der Waals surface area (Å²) in [6.07, 6.45) is 2.13. The SMILES string of the molecule is CCCc1ccc(C(C)NS(=O)(=O)c2cc(C)c(Cl)cc2C)cc1. The molecule has 0 aromatic heterocycles. The minimum Gasteiger partial charge on any atom is -0.207 e. The lowest BCUT2D eigenvalue weighted by Crippen LogP contribution is -2.27. The van der Waals surface area contributed by atoms with E-state index in [1.807, 2.05) is 19.1 Å². The monoisotopic (exact) mass is 365 g/mol. The van der Waals surface area contributed by atoms with Gasteiger partial charge in [0.05, 0.1) is 4.90 Å². The first kappa shape index (κ1) is 19.0. The zero-order chi connectivity index (χ0) is 17.9. The zero-order valence-corrected chi connectivity index (χ0v) is 16.1. The third-order valence-electron chi connectivity index (χ3n) is 4.10. The molecule has 0 radical (unpaired) electrons. The predicted molar refractivity (Wildman–Crippen MR) is 100 cm³/mol. The van der Waals surface area contributed by atoms with Crippen molar-refractivity contribution in [1.29, 1.82) is 0 Å². The van der Waals surface area contributed by atoms with E-state index in [4.69, 9.17) is 11.6 Å². The highest BCUT2D eigenvalue weighted by Crippen LogP contribution is 2.25. The van der Waals surface area contributed by atoms with E-state index in [1.165, 1.54) is 5.56 Å². The third kappa shape index (κ3) is 4.38. The fourth-order valence-electron chi connectivity index (χ4n) is 2.67. The second kappa shape index (κ2) is 7.68. The second-order valence-corrected chi connectivity index (χ2v) is 8.29. The number of hydrogen-bond acceptors (Lipinski definition) is 2. The number of halogens is 1. The van der Waals surface area contributed by atoms with Crippen molar-refractivity contribution in [2.24, 2.45) is 0 Å². The van der Waals surface area contributed by atoms with Crippen LogP contribution in [0.1, 0.15) is 48.6 Å². The number of sulfonamides is 1. The Balaban J connectivity index is 2.23. The van der Waals surface area contributed by atoms with Gasteiger partial charge < -0.3 is 0 Å². The van der Waals surface area contributed by atoms with Crippen molar-refractivity contribution < 1.29 is 8.42 Å². The molecule has 1 unspecified atom stereocenters.